The molecule has 0 radical (unpaired) electrons. The number of rotatable bonds is 4. The lowest BCUT2D eigenvalue weighted by atomic mass is 9.86. The quantitative estimate of drug-likeness (QED) is 0.232. The van der Waals surface area contributed by atoms with Crippen molar-refractivity contribution < 1.29 is 0 Å². The van der Waals surface area contributed by atoms with Crippen molar-refractivity contribution in [2.45, 2.75) is 19.8 Å². The van der Waals surface area contributed by atoms with E-state index in [0.717, 1.165) is 6.42 Å². The second-order valence-electron chi connectivity index (χ2n) is 6.59. The number of aryl methyl sites for hydroxylation is 2. The van der Waals surface area contributed by atoms with Crippen LogP contribution < -0.4 is 0 Å². The Hall–Kier alpha value is -1.87. The van der Waals surface area contributed by atoms with Crippen molar-refractivity contribution >= 4 is 44.1 Å². The molecule has 0 heterocycles. The Morgan fingerprint density at radius 1 is 0.680 bits per heavy atom. The van der Waals surface area contributed by atoms with Gasteiger partial charge < -0.3 is 0 Å². The molecule has 0 fully saturated rings. The van der Waals surface area contributed by atoms with Crippen LogP contribution in [0.3, 0.4) is 0 Å². The van der Waals surface area contributed by atoms with E-state index in [2.05, 4.69) is 102 Å². The highest BCUT2D eigenvalue weighted by Gasteiger charge is 2.14. The number of alkyl halides is 1. The fourth-order valence-corrected chi connectivity index (χ4v) is 4.17. The van der Waals surface area contributed by atoms with Gasteiger partial charge in [-0.3, -0.25) is 0 Å². The predicted molar refractivity (Wildman–Crippen MR) is 119 cm³/mol. The topological polar surface area (TPSA) is 0 Å². The van der Waals surface area contributed by atoms with Crippen molar-refractivity contribution in [2.24, 2.45) is 0 Å². The van der Waals surface area contributed by atoms with E-state index in [1.807, 2.05) is 0 Å². The largest absolute Gasteiger partial charge is 0.0864 e. The van der Waals surface area contributed by atoms with E-state index in [4.69, 9.17) is 0 Å². The molecule has 124 valence electrons. The molecule has 0 unspecified atom stereocenters. The van der Waals surface area contributed by atoms with Crippen LogP contribution in [-0.2, 0) is 6.42 Å². The van der Waals surface area contributed by atoms with E-state index in [0.29, 0.717) is 0 Å². The van der Waals surface area contributed by atoms with Crippen molar-refractivity contribution in [3.63, 3.8) is 0 Å². The van der Waals surface area contributed by atoms with Crippen molar-refractivity contribution in [2.75, 3.05) is 4.43 Å². The molecule has 0 atom stereocenters. The smallest absolute Gasteiger partial charge is 0.000156 e. The molecule has 4 rings (SSSR count). The van der Waals surface area contributed by atoms with Gasteiger partial charge in [0.15, 0.2) is 0 Å². The molecule has 25 heavy (non-hydrogen) atoms. The van der Waals surface area contributed by atoms with Crippen LogP contribution in [0.5, 0.6) is 0 Å². The molecule has 0 N–H and O–H groups in total. The molecule has 0 aliphatic heterocycles. The van der Waals surface area contributed by atoms with E-state index in [1.165, 1.54) is 54.6 Å². The van der Waals surface area contributed by atoms with E-state index in [9.17, 15) is 0 Å². The molecular formula is C24H21I. The van der Waals surface area contributed by atoms with Crippen LogP contribution in [0.4, 0.5) is 0 Å². The third-order valence-electron chi connectivity index (χ3n) is 4.98. The monoisotopic (exact) mass is 436 g/mol. The maximum Gasteiger partial charge on any atom is -0.000156 e. The summed E-state index contributed by atoms with van der Waals surface area (Å²) in [5, 5.41) is 5.36. The Morgan fingerprint density at radius 2 is 1.28 bits per heavy atom. The minimum absolute atomic E-state index is 1.13. The Kier molecular flexibility index (Phi) is 4.76. The van der Waals surface area contributed by atoms with Gasteiger partial charge in [0.2, 0.25) is 0 Å². The normalized spacial score (nSPS) is 11.3. The SMILES string of the molecule is Cc1ccc2ccccc2c1-c1c(CCCI)ccc2ccccc12. The Balaban J connectivity index is 2.11. The van der Waals surface area contributed by atoms with Crippen LogP contribution in [-0.4, -0.2) is 4.43 Å². The molecule has 0 nitrogen and oxygen atoms in total. The summed E-state index contributed by atoms with van der Waals surface area (Å²) in [5.74, 6) is 0. The number of halogens is 1. The number of hydrogen-bond acceptors (Lipinski definition) is 0. The minimum Gasteiger partial charge on any atom is -0.0864 e. The molecule has 0 aliphatic carbocycles. The molecule has 4 aromatic carbocycles. The van der Waals surface area contributed by atoms with Gasteiger partial charge in [0.25, 0.3) is 0 Å². The molecular weight excluding hydrogens is 415 g/mol. The van der Waals surface area contributed by atoms with Crippen LogP contribution in [0.25, 0.3) is 32.7 Å². The summed E-state index contributed by atoms with van der Waals surface area (Å²) in [5.41, 5.74) is 5.65. The number of benzene rings is 4. The molecule has 4 aromatic rings. The third-order valence-corrected chi connectivity index (χ3v) is 5.75. The lowest BCUT2D eigenvalue weighted by Gasteiger charge is -2.18. The van der Waals surface area contributed by atoms with Crippen LogP contribution in [0, 0.1) is 6.92 Å². The first-order valence-electron chi connectivity index (χ1n) is 8.85. The van der Waals surface area contributed by atoms with Crippen molar-refractivity contribution in [3.8, 4) is 11.1 Å². The highest BCUT2D eigenvalue weighted by Crippen LogP contribution is 2.39. The highest BCUT2D eigenvalue weighted by molar-refractivity contribution is 14.1. The second kappa shape index (κ2) is 7.17. The maximum atomic E-state index is 2.48. The van der Waals surface area contributed by atoms with Crippen LogP contribution >= 0.6 is 22.6 Å². The molecule has 0 saturated carbocycles. The fourth-order valence-electron chi connectivity index (χ4n) is 3.79. The average molecular weight is 436 g/mol. The predicted octanol–water partition coefficient (Wildman–Crippen LogP) is 7.34. The van der Waals surface area contributed by atoms with Crippen molar-refractivity contribution in [3.05, 3.63) is 83.9 Å². The third kappa shape index (κ3) is 3.06. The van der Waals surface area contributed by atoms with Gasteiger partial charge in [0.1, 0.15) is 0 Å². The van der Waals surface area contributed by atoms with E-state index >= 15 is 0 Å². The Bertz CT molecular complexity index is 1050. The molecule has 0 bridgehead atoms. The van der Waals surface area contributed by atoms with Gasteiger partial charge in [0.05, 0.1) is 0 Å². The standard InChI is InChI=1S/C24H21I/c1-17-12-13-18-7-2-4-10-21(18)23(17)24-20(9-6-16-25)15-14-19-8-3-5-11-22(19)24/h2-5,7-8,10-15H,6,9,16H2,1H3. The zero-order valence-electron chi connectivity index (χ0n) is 14.4. The Labute approximate surface area is 163 Å². The zero-order valence-corrected chi connectivity index (χ0v) is 16.6. The summed E-state index contributed by atoms with van der Waals surface area (Å²) in [6.45, 7) is 2.24. The van der Waals surface area contributed by atoms with Gasteiger partial charge in [-0.1, -0.05) is 95.4 Å². The van der Waals surface area contributed by atoms with Crippen molar-refractivity contribution in [1.82, 2.24) is 0 Å². The van der Waals surface area contributed by atoms with Crippen LogP contribution in [0.15, 0.2) is 72.8 Å². The summed E-state index contributed by atoms with van der Waals surface area (Å²) in [6, 6.07) is 26.7. The summed E-state index contributed by atoms with van der Waals surface area (Å²) in [6.07, 6.45) is 2.35. The van der Waals surface area contributed by atoms with Gasteiger partial charge in [-0.2, -0.15) is 0 Å². The minimum atomic E-state index is 1.13. The van der Waals surface area contributed by atoms with Gasteiger partial charge in [-0.15, -0.1) is 0 Å². The molecule has 0 aromatic heterocycles. The zero-order chi connectivity index (χ0) is 17.2. The lowest BCUT2D eigenvalue weighted by Crippen LogP contribution is -1.96. The van der Waals surface area contributed by atoms with E-state index < -0.39 is 0 Å². The highest BCUT2D eigenvalue weighted by atomic mass is 127. The number of hydrogen-bond donors (Lipinski definition) is 0. The second-order valence-corrected chi connectivity index (χ2v) is 7.67. The van der Waals surface area contributed by atoms with Gasteiger partial charge in [-0.25, -0.2) is 0 Å². The van der Waals surface area contributed by atoms with E-state index in [-0.39, 0.29) is 0 Å². The maximum absolute atomic E-state index is 2.48. The van der Waals surface area contributed by atoms with Crippen molar-refractivity contribution in [1.29, 1.82) is 0 Å². The van der Waals surface area contributed by atoms with Gasteiger partial charge >= 0.3 is 0 Å². The van der Waals surface area contributed by atoms with Gasteiger partial charge in [0, 0.05) is 0 Å². The fraction of sp³-hybridized carbons (Fsp3) is 0.167. The molecule has 0 spiro atoms. The summed E-state index contributed by atoms with van der Waals surface area (Å²) >= 11 is 2.48. The van der Waals surface area contributed by atoms with E-state index in [1.54, 1.807) is 0 Å². The average Bonchev–Trinajstić information content (AvgIpc) is 2.66. The first-order chi connectivity index (χ1) is 12.3. The summed E-state index contributed by atoms with van der Waals surface area (Å²) in [4.78, 5) is 0. The lowest BCUT2D eigenvalue weighted by molar-refractivity contribution is 0.949. The summed E-state index contributed by atoms with van der Waals surface area (Å²) in [7, 11) is 0. The Morgan fingerprint density at radius 3 is 1.96 bits per heavy atom. The van der Waals surface area contributed by atoms with Crippen LogP contribution in [0.1, 0.15) is 17.5 Å². The first kappa shape index (κ1) is 16.6. The molecule has 0 aliphatic rings. The summed E-state index contributed by atoms with van der Waals surface area (Å²) < 4.78 is 1.19. The number of fused-ring (bicyclic) bond motifs is 2. The molecule has 0 amide bonds. The molecule has 0 saturated heterocycles. The molecule has 1 heteroatoms. The van der Waals surface area contributed by atoms with Gasteiger partial charge in [-0.05, 0) is 68.0 Å². The first-order valence-corrected chi connectivity index (χ1v) is 10.4. The van der Waals surface area contributed by atoms with Crippen LogP contribution in [0.2, 0.25) is 0 Å².